The van der Waals surface area contributed by atoms with Crippen LogP contribution < -0.4 is 10.6 Å². The first-order valence-electron chi connectivity index (χ1n) is 18.9. The maximum atomic E-state index is 14.3. The lowest BCUT2D eigenvalue weighted by Gasteiger charge is -2.53. The molecular weight excluding hydrogens is 568 g/mol. The molecule has 252 valence electrons. The minimum absolute atomic E-state index is 0.00627. The van der Waals surface area contributed by atoms with Crippen molar-refractivity contribution in [3.63, 3.8) is 0 Å². The number of nitrogens with zero attached hydrogens (tertiary/aromatic N) is 2. The zero-order valence-electron chi connectivity index (χ0n) is 28.0. The molecule has 4 saturated heterocycles. The van der Waals surface area contributed by atoms with E-state index < -0.39 is 0 Å². The number of hydrogen-bond acceptors (Lipinski definition) is 6. The van der Waals surface area contributed by atoms with Gasteiger partial charge in [-0.25, -0.2) is 0 Å². The van der Waals surface area contributed by atoms with Crippen LogP contribution in [0.15, 0.2) is 0 Å². The number of fused-ring (bicyclic) bond motifs is 8. The second-order valence-electron chi connectivity index (χ2n) is 16.2. The van der Waals surface area contributed by atoms with Gasteiger partial charge >= 0.3 is 0 Å². The van der Waals surface area contributed by atoms with E-state index in [1.165, 1.54) is 45.1 Å². The molecule has 0 aromatic rings. The third-order valence-electron chi connectivity index (χ3n) is 14.6. The molecular formula is C36H59N4O5+. The summed E-state index contributed by atoms with van der Waals surface area (Å²) in [5.74, 6) is 3.24. The zero-order valence-corrected chi connectivity index (χ0v) is 28.0. The minimum Gasteiger partial charge on any atom is -0.379 e. The molecule has 9 nitrogen and oxygen atoms in total. The Balaban J connectivity index is 0.883. The van der Waals surface area contributed by atoms with Gasteiger partial charge in [0, 0.05) is 50.7 Å². The summed E-state index contributed by atoms with van der Waals surface area (Å²) in [7, 11) is 3.51. The van der Waals surface area contributed by atoms with E-state index in [4.69, 9.17) is 14.2 Å². The van der Waals surface area contributed by atoms with Gasteiger partial charge in [0.25, 0.3) is 0 Å². The summed E-state index contributed by atoms with van der Waals surface area (Å²) in [5.41, 5.74) is 0. The predicted octanol–water partition coefficient (Wildman–Crippen LogP) is 2.32. The van der Waals surface area contributed by atoms with Crippen LogP contribution in [0.5, 0.6) is 0 Å². The van der Waals surface area contributed by atoms with Crippen LogP contribution in [0.2, 0.25) is 0 Å². The third-order valence-corrected chi connectivity index (χ3v) is 14.6. The molecule has 9 heteroatoms. The van der Waals surface area contributed by atoms with Crippen molar-refractivity contribution in [2.75, 3.05) is 33.9 Å². The molecule has 15 unspecified atom stereocenters. The number of carbonyl (C=O) groups excluding carboxylic acids is 2. The van der Waals surface area contributed by atoms with Crippen molar-refractivity contribution in [1.29, 1.82) is 0 Å². The van der Waals surface area contributed by atoms with Crippen molar-refractivity contribution in [3.8, 4) is 0 Å². The van der Waals surface area contributed by atoms with Crippen LogP contribution in [0.25, 0.3) is 0 Å². The van der Waals surface area contributed by atoms with Gasteiger partial charge in [0.15, 0.2) is 0 Å². The number of ether oxygens (including phenoxy) is 3. The molecule has 15 atom stereocenters. The standard InChI is InChI=1S/C36H58N4O5/c1-4-39-27-8-6-5-7-22(27)25-17-20(9-12-28(25)39)38-31(41)19-45-21-10-13-29-26(18-21)23-15-16-37-33-24-11-14-30(43-2)35(44-3)32(24)36(42)40(29)34(23)33/h20-30,32-35,37H,4-19H2,1-3H3,(H,38,41)/p+1. The molecule has 8 fully saturated rings. The van der Waals surface area contributed by atoms with Crippen molar-refractivity contribution >= 4 is 11.8 Å². The largest absolute Gasteiger partial charge is 0.379 e. The number of amides is 2. The van der Waals surface area contributed by atoms with Crippen LogP contribution in [0.1, 0.15) is 90.4 Å². The summed E-state index contributed by atoms with van der Waals surface area (Å²) in [6.45, 7) is 4.82. The van der Waals surface area contributed by atoms with Gasteiger partial charge in [0.2, 0.25) is 11.8 Å². The Morgan fingerprint density at radius 1 is 0.844 bits per heavy atom. The lowest BCUT2D eigenvalue weighted by Crippen LogP contribution is -2.99. The highest BCUT2D eigenvalue weighted by molar-refractivity contribution is 5.82. The quantitative estimate of drug-likeness (QED) is 0.450. The van der Waals surface area contributed by atoms with E-state index in [9.17, 15) is 9.59 Å². The third kappa shape index (κ3) is 5.12. The van der Waals surface area contributed by atoms with Crippen LogP contribution in [0, 0.1) is 35.5 Å². The van der Waals surface area contributed by atoms with Crippen LogP contribution in [-0.2, 0) is 23.8 Å². The molecule has 0 bridgehead atoms. The lowest BCUT2D eigenvalue weighted by atomic mass is 9.64. The highest BCUT2D eigenvalue weighted by Crippen LogP contribution is 2.54. The van der Waals surface area contributed by atoms with Crippen LogP contribution in [0.3, 0.4) is 0 Å². The number of quaternary nitrogens is 1. The van der Waals surface area contributed by atoms with Crippen molar-refractivity contribution in [1.82, 2.24) is 15.1 Å². The Hall–Kier alpha value is -1.26. The minimum atomic E-state index is -0.161. The molecule has 3 N–H and O–H groups in total. The summed E-state index contributed by atoms with van der Waals surface area (Å²) in [6, 6.07) is 2.89. The molecule has 0 aromatic carbocycles. The number of hydrogen-bond donors (Lipinski definition) is 2. The van der Waals surface area contributed by atoms with Crippen LogP contribution in [0.4, 0.5) is 0 Å². The molecule has 0 spiro atoms. The Bertz CT molecular complexity index is 1100. The smallest absolute Gasteiger partial charge is 0.246 e. The highest BCUT2D eigenvalue weighted by Gasteiger charge is 2.66. The molecule has 8 rings (SSSR count). The van der Waals surface area contributed by atoms with Gasteiger partial charge in [-0.05, 0) is 94.4 Å². The first-order valence-corrected chi connectivity index (χ1v) is 18.9. The van der Waals surface area contributed by atoms with Crippen LogP contribution in [-0.4, -0.2) is 110 Å². The van der Waals surface area contributed by atoms with E-state index in [0.717, 1.165) is 75.4 Å². The SMILES string of the molecule is CCN1C2CCCCC2C2CC(NC(=O)COC3CCC4C(C3)C3CC[NH2+]C5C6CCC(OC)C(OC)C6C(=O)N4C35)CCC21. The van der Waals surface area contributed by atoms with E-state index in [0.29, 0.717) is 47.8 Å². The van der Waals surface area contributed by atoms with Crippen LogP contribution >= 0.6 is 0 Å². The molecule has 8 aliphatic rings. The Labute approximate surface area is 270 Å². The van der Waals surface area contributed by atoms with Gasteiger partial charge in [0.1, 0.15) is 12.6 Å². The zero-order chi connectivity index (χ0) is 30.8. The summed E-state index contributed by atoms with van der Waals surface area (Å²) in [5, 5.41) is 5.97. The Morgan fingerprint density at radius 2 is 1.64 bits per heavy atom. The van der Waals surface area contributed by atoms with Gasteiger partial charge in [-0.1, -0.05) is 19.8 Å². The number of carbonyl (C=O) groups is 2. The molecule has 0 aromatic heterocycles. The summed E-state index contributed by atoms with van der Waals surface area (Å²) < 4.78 is 18.2. The normalized spacial score (nSPS) is 49.0. The average molecular weight is 628 g/mol. The Kier molecular flexibility index (Phi) is 8.72. The molecule has 4 heterocycles. The van der Waals surface area contributed by atoms with Gasteiger partial charge in [0.05, 0.1) is 36.8 Å². The number of rotatable bonds is 7. The molecule has 0 radical (unpaired) electrons. The van der Waals surface area contributed by atoms with E-state index in [1.54, 1.807) is 14.2 Å². The van der Waals surface area contributed by atoms with E-state index in [-0.39, 0.29) is 36.7 Å². The van der Waals surface area contributed by atoms with E-state index >= 15 is 0 Å². The summed E-state index contributed by atoms with van der Waals surface area (Å²) in [6.07, 6.45) is 15.0. The summed E-state index contributed by atoms with van der Waals surface area (Å²) >= 11 is 0. The summed E-state index contributed by atoms with van der Waals surface area (Å²) in [4.78, 5) is 32.7. The molecule has 45 heavy (non-hydrogen) atoms. The molecule has 2 amide bonds. The van der Waals surface area contributed by atoms with Crippen molar-refractivity contribution < 1.29 is 29.1 Å². The van der Waals surface area contributed by atoms with Crippen molar-refractivity contribution in [2.24, 2.45) is 35.5 Å². The maximum Gasteiger partial charge on any atom is 0.246 e. The van der Waals surface area contributed by atoms with E-state index in [2.05, 4.69) is 27.4 Å². The predicted molar refractivity (Wildman–Crippen MR) is 169 cm³/mol. The van der Waals surface area contributed by atoms with Gasteiger partial charge in [-0.2, -0.15) is 0 Å². The topological polar surface area (TPSA) is 97.0 Å². The van der Waals surface area contributed by atoms with Crippen molar-refractivity contribution in [3.05, 3.63) is 0 Å². The Morgan fingerprint density at radius 3 is 2.47 bits per heavy atom. The number of likely N-dealkylation sites (tertiary alicyclic amines) is 1. The van der Waals surface area contributed by atoms with Gasteiger partial charge < -0.3 is 29.7 Å². The lowest BCUT2D eigenvalue weighted by molar-refractivity contribution is -0.713. The fourth-order valence-corrected chi connectivity index (χ4v) is 13.1. The first-order chi connectivity index (χ1) is 22.0. The monoisotopic (exact) mass is 627 g/mol. The van der Waals surface area contributed by atoms with E-state index in [1.807, 2.05) is 0 Å². The number of nitrogens with one attached hydrogen (secondary N) is 1. The fourth-order valence-electron chi connectivity index (χ4n) is 13.1. The van der Waals surface area contributed by atoms with Crippen molar-refractivity contribution in [2.45, 2.75) is 145 Å². The highest BCUT2D eigenvalue weighted by atomic mass is 16.5. The number of piperidine rings is 2. The molecule has 4 saturated carbocycles. The van der Waals surface area contributed by atoms with Gasteiger partial charge in [-0.3, -0.25) is 14.5 Å². The fraction of sp³-hybridized carbons (Fsp3) is 0.944. The second kappa shape index (κ2) is 12.6. The van der Waals surface area contributed by atoms with Gasteiger partial charge in [-0.15, -0.1) is 0 Å². The average Bonchev–Trinajstić information content (AvgIpc) is 3.58. The number of nitrogens with two attached hydrogens (primary N) is 1. The maximum absolute atomic E-state index is 14.3. The first kappa shape index (κ1) is 31.0. The second-order valence-corrected chi connectivity index (χ2v) is 16.2. The number of methoxy groups -OCH3 is 2. The molecule has 4 aliphatic heterocycles. The molecule has 4 aliphatic carbocycles.